The molecule has 21 heavy (non-hydrogen) atoms. The maximum absolute atomic E-state index is 11.6. The molecule has 0 saturated carbocycles. The summed E-state index contributed by atoms with van der Waals surface area (Å²) < 4.78 is 0. The highest BCUT2D eigenvalue weighted by Gasteiger charge is 2.21. The number of thioether (sulfide) groups is 1. The molecule has 0 radical (unpaired) electrons. The molecule has 1 heterocycles. The van der Waals surface area contributed by atoms with Crippen LogP contribution in [-0.4, -0.2) is 22.6 Å². The molecule has 1 atom stereocenters. The van der Waals surface area contributed by atoms with Gasteiger partial charge in [0.05, 0.1) is 5.71 Å². The van der Waals surface area contributed by atoms with Crippen LogP contribution in [0.15, 0.2) is 42.0 Å². The monoisotopic (exact) mass is 303 g/mol. The lowest BCUT2D eigenvalue weighted by molar-refractivity contribution is -0.121. The molecule has 5 nitrogen and oxygen atoms in total. The summed E-state index contributed by atoms with van der Waals surface area (Å²) in [6.45, 7) is 5.54. The van der Waals surface area contributed by atoms with Gasteiger partial charge in [-0.25, -0.2) is 5.43 Å². The van der Waals surface area contributed by atoms with Crippen LogP contribution in [0.5, 0.6) is 0 Å². The van der Waals surface area contributed by atoms with E-state index >= 15 is 0 Å². The zero-order valence-electron chi connectivity index (χ0n) is 11.8. The Labute approximate surface area is 127 Å². The van der Waals surface area contributed by atoms with Crippen LogP contribution in [0.2, 0.25) is 0 Å². The molecule has 0 aromatic heterocycles. The van der Waals surface area contributed by atoms with Crippen molar-refractivity contribution in [1.82, 2.24) is 5.43 Å². The molecular weight excluding hydrogens is 286 g/mol. The van der Waals surface area contributed by atoms with Crippen molar-refractivity contribution in [1.29, 1.82) is 0 Å². The predicted molar refractivity (Wildman–Crippen MR) is 86.6 cm³/mol. The largest absolute Gasteiger partial charge is 0.317 e. The van der Waals surface area contributed by atoms with Crippen LogP contribution in [0.1, 0.15) is 18.9 Å². The molecule has 1 aliphatic heterocycles. The zero-order valence-corrected chi connectivity index (χ0v) is 12.6. The fraction of sp³-hybridized carbons (Fsp3) is 0.267. The first kappa shape index (κ1) is 15.3. The van der Waals surface area contributed by atoms with Gasteiger partial charge in [0.2, 0.25) is 5.91 Å². The molecule has 2 rings (SSSR count). The zero-order chi connectivity index (χ0) is 15.2. The molecule has 1 unspecified atom stereocenters. The molecule has 110 valence electrons. The van der Waals surface area contributed by atoms with Crippen LogP contribution in [0, 0.1) is 5.92 Å². The number of anilines is 1. The van der Waals surface area contributed by atoms with Gasteiger partial charge in [-0.05, 0) is 17.7 Å². The van der Waals surface area contributed by atoms with E-state index in [2.05, 4.69) is 22.4 Å². The van der Waals surface area contributed by atoms with Crippen molar-refractivity contribution >= 4 is 34.3 Å². The summed E-state index contributed by atoms with van der Waals surface area (Å²) in [7, 11) is 0. The lowest BCUT2D eigenvalue weighted by Gasteiger charge is -2.19. The maximum Gasteiger partial charge on any atom is 0.283 e. The Balaban J connectivity index is 2.03. The van der Waals surface area contributed by atoms with Gasteiger partial charge in [0, 0.05) is 23.8 Å². The molecule has 2 amide bonds. The van der Waals surface area contributed by atoms with Crippen LogP contribution in [-0.2, 0) is 4.79 Å². The van der Waals surface area contributed by atoms with Crippen molar-refractivity contribution in [2.45, 2.75) is 13.3 Å². The number of amides is 2. The van der Waals surface area contributed by atoms with Gasteiger partial charge in [-0.2, -0.15) is 5.10 Å². The number of carbonyl (C=O) groups excluding carboxylic acids is 2. The Morgan fingerprint density at radius 1 is 1.52 bits per heavy atom. The number of hydrazone groups is 1. The molecule has 0 fully saturated rings. The Bertz CT molecular complexity index is 581. The van der Waals surface area contributed by atoms with Crippen LogP contribution in [0.25, 0.3) is 0 Å². The van der Waals surface area contributed by atoms with Crippen LogP contribution < -0.4 is 10.7 Å². The van der Waals surface area contributed by atoms with Gasteiger partial charge in [-0.15, -0.1) is 6.58 Å². The van der Waals surface area contributed by atoms with Crippen LogP contribution >= 0.6 is 11.8 Å². The summed E-state index contributed by atoms with van der Waals surface area (Å²) in [5.74, 6) is 0.606. The lowest BCUT2D eigenvalue weighted by Crippen LogP contribution is -2.31. The van der Waals surface area contributed by atoms with Gasteiger partial charge in [0.15, 0.2) is 0 Å². The number of rotatable bonds is 4. The Morgan fingerprint density at radius 2 is 2.24 bits per heavy atom. The SMILES string of the molecule is C=CCSC(=O)Nc1ccc(C2=NNC(=O)CC2C)cc1. The second-order valence-electron chi connectivity index (χ2n) is 4.73. The third kappa shape index (κ3) is 4.19. The smallest absolute Gasteiger partial charge is 0.283 e. The van der Waals surface area contributed by atoms with E-state index in [9.17, 15) is 9.59 Å². The van der Waals surface area contributed by atoms with E-state index in [-0.39, 0.29) is 17.1 Å². The fourth-order valence-corrected chi connectivity index (χ4v) is 2.47. The minimum atomic E-state index is -0.113. The topological polar surface area (TPSA) is 70.6 Å². The predicted octanol–water partition coefficient (Wildman–Crippen LogP) is 3.00. The Morgan fingerprint density at radius 3 is 2.86 bits per heavy atom. The maximum atomic E-state index is 11.6. The molecule has 1 aromatic rings. The van der Waals surface area contributed by atoms with Gasteiger partial charge in [0.1, 0.15) is 0 Å². The molecule has 0 saturated heterocycles. The molecule has 0 spiro atoms. The number of hydrogen-bond acceptors (Lipinski definition) is 4. The average Bonchev–Trinajstić information content (AvgIpc) is 2.46. The van der Waals surface area contributed by atoms with Crippen molar-refractivity contribution in [3.05, 3.63) is 42.5 Å². The molecule has 1 aromatic carbocycles. The quantitative estimate of drug-likeness (QED) is 0.840. The van der Waals surface area contributed by atoms with Crippen LogP contribution in [0.3, 0.4) is 0 Å². The molecule has 6 heteroatoms. The highest BCUT2D eigenvalue weighted by atomic mass is 32.2. The summed E-state index contributed by atoms with van der Waals surface area (Å²) in [6, 6.07) is 7.43. The van der Waals surface area contributed by atoms with Crippen molar-refractivity contribution < 1.29 is 9.59 Å². The van der Waals surface area contributed by atoms with Crippen LogP contribution in [0.4, 0.5) is 10.5 Å². The number of nitrogens with one attached hydrogen (secondary N) is 2. The second-order valence-corrected chi connectivity index (χ2v) is 5.72. The lowest BCUT2D eigenvalue weighted by atomic mass is 9.94. The van der Waals surface area contributed by atoms with Gasteiger partial charge in [0.25, 0.3) is 5.24 Å². The molecule has 1 aliphatic rings. The van der Waals surface area contributed by atoms with Gasteiger partial charge in [-0.1, -0.05) is 36.9 Å². The number of carbonyl (C=O) groups is 2. The summed E-state index contributed by atoms with van der Waals surface area (Å²) in [5.41, 5.74) is 5.03. The van der Waals surface area contributed by atoms with E-state index in [0.29, 0.717) is 12.2 Å². The summed E-state index contributed by atoms with van der Waals surface area (Å²) in [5, 5.41) is 6.79. The summed E-state index contributed by atoms with van der Waals surface area (Å²) in [6.07, 6.45) is 2.12. The van der Waals surface area contributed by atoms with Gasteiger partial charge in [-0.3, -0.25) is 9.59 Å². The molecule has 0 aliphatic carbocycles. The van der Waals surface area contributed by atoms with Crippen molar-refractivity contribution in [2.75, 3.05) is 11.1 Å². The summed E-state index contributed by atoms with van der Waals surface area (Å²) >= 11 is 1.16. The number of hydrogen-bond donors (Lipinski definition) is 2. The minimum Gasteiger partial charge on any atom is -0.317 e. The van der Waals surface area contributed by atoms with Gasteiger partial charge < -0.3 is 5.32 Å². The Hall–Kier alpha value is -2.08. The van der Waals surface area contributed by atoms with E-state index in [1.54, 1.807) is 6.08 Å². The molecule has 2 N–H and O–H groups in total. The molecular formula is C15H17N3O2S. The minimum absolute atomic E-state index is 0.0608. The first-order chi connectivity index (χ1) is 10.1. The van der Waals surface area contributed by atoms with E-state index in [1.807, 2.05) is 31.2 Å². The number of nitrogens with zero attached hydrogens (tertiary/aromatic N) is 1. The van der Waals surface area contributed by atoms with Crippen molar-refractivity contribution in [2.24, 2.45) is 11.0 Å². The van der Waals surface area contributed by atoms with E-state index in [0.717, 1.165) is 28.7 Å². The average molecular weight is 303 g/mol. The standard InChI is InChI=1S/C15H17N3O2S/c1-3-8-21-15(20)16-12-6-4-11(5-7-12)14-10(2)9-13(19)17-18-14/h3-7,10H,1,8-9H2,2H3,(H,16,20)(H,17,19). The van der Waals surface area contributed by atoms with E-state index in [4.69, 9.17) is 0 Å². The third-order valence-electron chi connectivity index (χ3n) is 3.02. The van der Waals surface area contributed by atoms with Crippen molar-refractivity contribution in [3.63, 3.8) is 0 Å². The molecule has 0 bridgehead atoms. The number of benzene rings is 1. The first-order valence-corrected chi connectivity index (χ1v) is 7.60. The highest BCUT2D eigenvalue weighted by molar-refractivity contribution is 8.14. The van der Waals surface area contributed by atoms with E-state index < -0.39 is 0 Å². The van der Waals surface area contributed by atoms with Gasteiger partial charge >= 0.3 is 0 Å². The van der Waals surface area contributed by atoms with Crippen molar-refractivity contribution in [3.8, 4) is 0 Å². The summed E-state index contributed by atoms with van der Waals surface area (Å²) in [4.78, 5) is 22.8. The Kier molecular flexibility index (Phi) is 5.16. The third-order valence-corrected chi connectivity index (χ3v) is 3.79. The highest BCUT2D eigenvalue weighted by Crippen LogP contribution is 2.19. The second kappa shape index (κ2) is 7.08. The van der Waals surface area contributed by atoms with E-state index in [1.165, 1.54) is 0 Å². The normalized spacial score (nSPS) is 17.7. The fourth-order valence-electron chi connectivity index (χ4n) is 2.02. The first-order valence-electron chi connectivity index (χ1n) is 6.61.